The molecule has 6 heteroatoms. The van der Waals surface area contributed by atoms with Crippen LogP contribution in [0.5, 0.6) is 5.75 Å². The maximum Gasteiger partial charge on any atom is 0.260 e. The Morgan fingerprint density at radius 2 is 2.30 bits per heavy atom. The monoisotopic (exact) mass is 334 g/mol. The molecule has 2 aromatic rings. The molecule has 1 saturated heterocycles. The van der Waals surface area contributed by atoms with Crippen molar-refractivity contribution < 1.29 is 13.9 Å². The molecule has 1 fully saturated rings. The van der Waals surface area contributed by atoms with E-state index >= 15 is 0 Å². The van der Waals surface area contributed by atoms with Gasteiger partial charge in [-0.2, -0.15) is 0 Å². The SMILES string of the molecule is Cc1cnc([C@H]2CCCN(C(=O)COc3ccccc3F)C2)s1. The fourth-order valence-electron chi connectivity index (χ4n) is 2.76. The number of carbonyl (C=O) groups is 1. The van der Waals surface area contributed by atoms with Crippen molar-refractivity contribution in [3.63, 3.8) is 0 Å². The van der Waals surface area contributed by atoms with E-state index in [4.69, 9.17) is 4.74 Å². The van der Waals surface area contributed by atoms with Gasteiger partial charge in [-0.05, 0) is 31.9 Å². The Hall–Kier alpha value is -1.95. The molecule has 2 heterocycles. The molecule has 1 aliphatic heterocycles. The standard InChI is InChI=1S/C17H19FN2O2S/c1-12-9-19-17(23-12)13-5-4-8-20(10-13)16(21)11-22-15-7-3-2-6-14(15)18/h2-3,6-7,9,13H,4-5,8,10-11H2,1H3/t13-/m0/s1. The lowest BCUT2D eigenvalue weighted by Gasteiger charge is -2.31. The van der Waals surface area contributed by atoms with Crippen LogP contribution in [-0.4, -0.2) is 35.5 Å². The molecule has 4 nitrogen and oxygen atoms in total. The minimum atomic E-state index is -0.449. The summed E-state index contributed by atoms with van der Waals surface area (Å²) in [6, 6.07) is 6.13. The van der Waals surface area contributed by atoms with Crippen molar-refractivity contribution in [2.75, 3.05) is 19.7 Å². The van der Waals surface area contributed by atoms with Crippen molar-refractivity contribution >= 4 is 17.2 Å². The fraction of sp³-hybridized carbons (Fsp3) is 0.412. The minimum absolute atomic E-state index is 0.105. The molecule has 3 rings (SSSR count). The summed E-state index contributed by atoms with van der Waals surface area (Å²) in [6.45, 7) is 3.28. The zero-order chi connectivity index (χ0) is 16.2. The molecule has 0 N–H and O–H groups in total. The second kappa shape index (κ2) is 7.08. The molecule has 0 aliphatic carbocycles. The normalized spacial score (nSPS) is 18.0. The van der Waals surface area contributed by atoms with Crippen LogP contribution in [0.3, 0.4) is 0 Å². The highest BCUT2D eigenvalue weighted by molar-refractivity contribution is 7.11. The average Bonchev–Trinajstić information content (AvgIpc) is 3.00. The highest BCUT2D eigenvalue weighted by atomic mass is 32.1. The first-order valence-electron chi connectivity index (χ1n) is 7.71. The highest BCUT2D eigenvalue weighted by Crippen LogP contribution is 2.29. The van der Waals surface area contributed by atoms with Gasteiger partial charge < -0.3 is 9.64 Å². The van der Waals surface area contributed by atoms with Crippen molar-refractivity contribution in [2.45, 2.75) is 25.7 Å². The second-order valence-electron chi connectivity index (χ2n) is 5.71. The fourth-order valence-corrected chi connectivity index (χ4v) is 3.66. The summed E-state index contributed by atoms with van der Waals surface area (Å²) >= 11 is 1.69. The van der Waals surface area contributed by atoms with E-state index in [-0.39, 0.29) is 18.3 Å². The summed E-state index contributed by atoms with van der Waals surface area (Å²) in [7, 11) is 0. The number of aromatic nitrogens is 1. The van der Waals surface area contributed by atoms with Crippen LogP contribution in [0.15, 0.2) is 30.5 Å². The summed E-state index contributed by atoms with van der Waals surface area (Å²) in [5, 5.41) is 1.09. The summed E-state index contributed by atoms with van der Waals surface area (Å²) in [6.07, 6.45) is 3.88. The lowest BCUT2D eigenvalue weighted by molar-refractivity contribution is -0.134. The molecule has 0 unspecified atom stereocenters. The van der Waals surface area contributed by atoms with Crippen LogP contribution < -0.4 is 4.74 Å². The van der Waals surface area contributed by atoms with Crippen LogP contribution in [0.25, 0.3) is 0 Å². The number of likely N-dealkylation sites (tertiary alicyclic amines) is 1. The molecule has 0 spiro atoms. The van der Waals surface area contributed by atoms with Gasteiger partial charge in [0.25, 0.3) is 5.91 Å². The Morgan fingerprint density at radius 1 is 1.48 bits per heavy atom. The number of halogens is 1. The summed E-state index contributed by atoms with van der Waals surface area (Å²) in [5.41, 5.74) is 0. The molecule has 1 aliphatic rings. The Kier molecular flexibility index (Phi) is 4.91. The van der Waals surface area contributed by atoms with Crippen molar-refractivity contribution in [3.05, 3.63) is 46.2 Å². The van der Waals surface area contributed by atoms with E-state index in [1.165, 1.54) is 17.0 Å². The van der Waals surface area contributed by atoms with Crippen LogP contribution in [0.1, 0.15) is 28.6 Å². The molecule has 23 heavy (non-hydrogen) atoms. The molecule has 1 aromatic carbocycles. The molecule has 1 aromatic heterocycles. The Balaban J connectivity index is 1.58. The quantitative estimate of drug-likeness (QED) is 0.861. The molecule has 0 radical (unpaired) electrons. The molecule has 0 saturated carbocycles. The number of para-hydroxylation sites is 1. The third kappa shape index (κ3) is 3.88. The van der Waals surface area contributed by atoms with Gasteiger partial charge >= 0.3 is 0 Å². The van der Waals surface area contributed by atoms with Gasteiger partial charge in [-0.3, -0.25) is 4.79 Å². The molecular formula is C17H19FN2O2S. The van der Waals surface area contributed by atoms with Crippen LogP contribution >= 0.6 is 11.3 Å². The Labute approximate surface area is 138 Å². The number of amides is 1. The zero-order valence-corrected chi connectivity index (χ0v) is 13.8. The Morgan fingerprint density at radius 3 is 3.04 bits per heavy atom. The van der Waals surface area contributed by atoms with Crippen molar-refractivity contribution in [1.82, 2.24) is 9.88 Å². The summed E-state index contributed by atoms with van der Waals surface area (Å²) in [4.78, 5) is 19.7. The number of benzene rings is 1. The number of aryl methyl sites for hydroxylation is 1. The molecule has 122 valence electrons. The zero-order valence-electron chi connectivity index (χ0n) is 13.0. The predicted molar refractivity (Wildman–Crippen MR) is 87.3 cm³/mol. The van der Waals surface area contributed by atoms with Crippen molar-refractivity contribution in [1.29, 1.82) is 0 Å². The predicted octanol–water partition coefficient (Wildman–Crippen LogP) is 3.38. The maximum absolute atomic E-state index is 13.5. The molecule has 0 bridgehead atoms. The van der Waals surface area contributed by atoms with E-state index in [1.807, 2.05) is 13.1 Å². The lowest BCUT2D eigenvalue weighted by atomic mass is 9.99. The van der Waals surface area contributed by atoms with Gasteiger partial charge in [0.2, 0.25) is 0 Å². The first-order valence-corrected chi connectivity index (χ1v) is 8.52. The number of rotatable bonds is 4. The van der Waals surface area contributed by atoms with Gasteiger partial charge in [0, 0.05) is 30.1 Å². The van der Waals surface area contributed by atoms with Gasteiger partial charge in [0.15, 0.2) is 18.2 Å². The van der Waals surface area contributed by atoms with Crippen LogP contribution in [-0.2, 0) is 4.79 Å². The van der Waals surface area contributed by atoms with Gasteiger partial charge in [-0.15, -0.1) is 11.3 Å². The van der Waals surface area contributed by atoms with Crippen molar-refractivity contribution in [3.8, 4) is 5.75 Å². The third-order valence-electron chi connectivity index (χ3n) is 3.95. The smallest absolute Gasteiger partial charge is 0.260 e. The first kappa shape index (κ1) is 15.9. The third-order valence-corrected chi connectivity index (χ3v) is 5.03. The number of ether oxygens (including phenoxy) is 1. The number of piperidine rings is 1. The summed E-state index contributed by atoms with van der Waals surface area (Å²) < 4.78 is 18.8. The van der Waals surface area contributed by atoms with Crippen LogP contribution in [0, 0.1) is 12.7 Å². The molecule has 1 atom stereocenters. The van der Waals surface area contributed by atoms with Crippen molar-refractivity contribution in [2.24, 2.45) is 0 Å². The number of carbonyl (C=O) groups excluding carboxylic acids is 1. The minimum Gasteiger partial charge on any atom is -0.481 e. The van der Waals surface area contributed by atoms with E-state index in [0.717, 1.165) is 24.4 Å². The maximum atomic E-state index is 13.5. The van der Waals surface area contributed by atoms with Gasteiger partial charge in [0.1, 0.15) is 0 Å². The van der Waals surface area contributed by atoms with Gasteiger partial charge in [-0.1, -0.05) is 12.1 Å². The molecule has 1 amide bonds. The average molecular weight is 334 g/mol. The molecular weight excluding hydrogens is 315 g/mol. The lowest BCUT2D eigenvalue weighted by Crippen LogP contribution is -2.41. The van der Waals surface area contributed by atoms with Gasteiger partial charge in [-0.25, -0.2) is 9.37 Å². The van der Waals surface area contributed by atoms with E-state index < -0.39 is 5.82 Å². The number of nitrogens with zero attached hydrogens (tertiary/aromatic N) is 2. The van der Waals surface area contributed by atoms with Crippen LogP contribution in [0.4, 0.5) is 4.39 Å². The highest BCUT2D eigenvalue weighted by Gasteiger charge is 2.26. The Bertz CT molecular complexity index is 689. The second-order valence-corrected chi connectivity index (χ2v) is 6.97. The number of thiazole rings is 1. The van der Waals surface area contributed by atoms with Gasteiger partial charge in [0.05, 0.1) is 5.01 Å². The topological polar surface area (TPSA) is 42.4 Å². The van der Waals surface area contributed by atoms with E-state index in [0.29, 0.717) is 12.5 Å². The number of hydrogen-bond acceptors (Lipinski definition) is 4. The van der Waals surface area contributed by atoms with Crippen LogP contribution in [0.2, 0.25) is 0 Å². The largest absolute Gasteiger partial charge is 0.481 e. The van der Waals surface area contributed by atoms with E-state index in [1.54, 1.807) is 28.4 Å². The first-order chi connectivity index (χ1) is 11.1. The summed E-state index contributed by atoms with van der Waals surface area (Å²) in [5.74, 6) is -0.147. The van der Waals surface area contributed by atoms with E-state index in [9.17, 15) is 9.18 Å². The number of hydrogen-bond donors (Lipinski definition) is 0. The van der Waals surface area contributed by atoms with E-state index in [2.05, 4.69) is 4.98 Å².